The third-order valence-corrected chi connectivity index (χ3v) is 26.1. The first-order chi connectivity index (χ1) is 14.5. The van der Waals surface area contributed by atoms with E-state index in [0.717, 1.165) is 12.8 Å². The van der Waals surface area contributed by atoms with Crippen molar-refractivity contribution < 1.29 is 20.9 Å². The van der Waals surface area contributed by atoms with Crippen molar-refractivity contribution in [2.45, 2.75) is 52.6 Å². The summed E-state index contributed by atoms with van der Waals surface area (Å²) in [7, 11) is 0. The van der Waals surface area contributed by atoms with Crippen molar-refractivity contribution in [3.05, 3.63) is 113 Å². The van der Waals surface area contributed by atoms with E-state index in [9.17, 15) is 0 Å². The van der Waals surface area contributed by atoms with Crippen LogP contribution in [-0.4, -0.2) is 5.92 Å². The summed E-state index contributed by atoms with van der Waals surface area (Å²) in [6.45, 7) is 9.98. The summed E-state index contributed by atoms with van der Waals surface area (Å²) in [6, 6.07) is 22.2. The zero-order chi connectivity index (χ0) is 21.1. The van der Waals surface area contributed by atoms with Crippen LogP contribution in [0, 0.1) is 0 Å². The number of allylic oxidation sites excluding steroid dienone is 8. The van der Waals surface area contributed by atoms with Gasteiger partial charge in [-0.15, -0.1) is 24.8 Å². The second-order valence-corrected chi connectivity index (χ2v) is 28.2. The Balaban J connectivity index is 0.00000181. The van der Waals surface area contributed by atoms with Crippen LogP contribution >= 0.6 is 24.8 Å². The second-order valence-electron chi connectivity index (χ2n) is 8.99. The molecule has 0 fully saturated rings. The molecular formula is C28H35Cl2SiZr. The average Bonchev–Trinajstić information content (AvgIpc) is 3.28. The van der Waals surface area contributed by atoms with Gasteiger partial charge in [0.15, 0.2) is 0 Å². The van der Waals surface area contributed by atoms with E-state index in [4.69, 9.17) is 0 Å². The van der Waals surface area contributed by atoms with Crippen molar-refractivity contribution in [1.29, 1.82) is 0 Å². The standard InChI is InChI=1S/2C13H13.C2H7Si.2ClH.Zr/c2*1-11-6-5-9-13(11)10-12-7-3-2-4-8-12;1-3-2;;;/h2*2-4,6-8H,5,10H2,1H3;3H,1-2H3;2*1H;. The van der Waals surface area contributed by atoms with E-state index in [-0.39, 0.29) is 24.8 Å². The van der Waals surface area contributed by atoms with Crippen LogP contribution in [0.15, 0.2) is 102 Å². The van der Waals surface area contributed by atoms with Gasteiger partial charge in [-0.05, 0) is 0 Å². The maximum absolute atomic E-state index is 2.64. The molecule has 0 spiro atoms. The van der Waals surface area contributed by atoms with Crippen molar-refractivity contribution in [2.24, 2.45) is 0 Å². The van der Waals surface area contributed by atoms with Crippen molar-refractivity contribution in [3.63, 3.8) is 0 Å². The SMILES string of the molecule is CC1=CC[C]([Zr]([C]2=C(Cc3ccccc3)C(C)=CC2)[SiH](C)C)=C1Cc1ccccc1.Cl.Cl. The molecule has 0 unspecified atom stereocenters. The molecule has 0 amide bonds. The molecule has 4 heteroatoms. The van der Waals surface area contributed by atoms with Crippen molar-refractivity contribution in [3.8, 4) is 0 Å². The quantitative estimate of drug-likeness (QED) is 0.300. The van der Waals surface area contributed by atoms with Crippen LogP contribution < -0.4 is 0 Å². The van der Waals surface area contributed by atoms with Crippen molar-refractivity contribution >= 4 is 30.7 Å². The van der Waals surface area contributed by atoms with Crippen LogP contribution in [0.2, 0.25) is 13.1 Å². The Morgan fingerprint density at radius 2 is 1.03 bits per heavy atom. The predicted molar refractivity (Wildman–Crippen MR) is 144 cm³/mol. The Hall–Kier alpha value is -0.920. The van der Waals surface area contributed by atoms with Gasteiger partial charge >= 0.3 is 192 Å². The Kier molecular flexibility index (Phi) is 10.7. The number of halogens is 2. The summed E-state index contributed by atoms with van der Waals surface area (Å²) in [6.07, 6.45) is 9.76. The molecule has 0 heterocycles. The first-order valence-electron chi connectivity index (χ1n) is 11.3. The molecule has 2 aromatic carbocycles. The van der Waals surface area contributed by atoms with Gasteiger partial charge in [0, 0.05) is 0 Å². The third kappa shape index (κ3) is 6.15. The molecule has 2 aliphatic carbocycles. The summed E-state index contributed by atoms with van der Waals surface area (Å²) >= 11 is -1.83. The molecule has 4 rings (SSSR count). The van der Waals surface area contributed by atoms with Crippen LogP contribution in [0.1, 0.15) is 37.8 Å². The minimum atomic E-state index is -1.83. The second kappa shape index (κ2) is 12.5. The van der Waals surface area contributed by atoms with E-state index in [2.05, 4.69) is 99.8 Å². The largest absolute Gasteiger partial charge is 0.147 e. The Labute approximate surface area is 215 Å². The number of hydrogen-bond acceptors (Lipinski definition) is 0. The topological polar surface area (TPSA) is 0 Å². The van der Waals surface area contributed by atoms with Crippen LogP contribution in [0.3, 0.4) is 0 Å². The first kappa shape index (κ1) is 27.3. The van der Waals surface area contributed by atoms with Crippen LogP contribution in [0.5, 0.6) is 0 Å². The van der Waals surface area contributed by atoms with E-state index in [1.807, 2.05) is 6.56 Å². The van der Waals surface area contributed by atoms with E-state index in [1.54, 1.807) is 22.3 Å². The van der Waals surface area contributed by atoms with Crippen molar-refractivity contribution in [2.75, 3.05) is 0 Å². The van der Waals surface area contributed by atoms with Gasteiger partial charge < -0.3 is 0 Å². The zero-order valence-electron chi connectivity index (χ0n) is 19.7. The number of benzene rings is 2. The molecule has 2 aliphatic rings. The number of hydrogen-bond donors (Lipinski definition) is 0. The third-order valence-electron chi connectivity index (χ3n) is 6.58. The van der Waals surface area contributed by atoms with E-state index in [0.29, 0.717) is 0 Å². The summed E-state index contributed by atoms with van der Waals surface area (Å²) in [5, 5.41) is 0. The van der Waals surface area contributed by atoms with Crippen LogP contribution in [-0.2, 0) is 33.8 Å². The molecule has 32 heavy (non-hydrogen) atoms. The Morgan fingerprint density at radius 3 is 1.38 bits per heavy atom. The van der Waals surface area contributed by atoms with Crippen LogP contribution in [0.25, 0.3) is 0 Å². The molecule has 0 atom stereocenters. The van der Waals surface area contributed by atoms with Gasteiger partial charge in [0.05, 0.1) is 0 Å². The minimum absolute atomic E-state index is 0. The number of rotatable bonds is 7. The molecule has 0 saturated carbocycles. The van der Waals surface area contributed by atoms with E-state index in [1.165, 1.54) is 24.0 Å². The summed E-state index contributed by atoms with van der Waals surface area (Å²) in [5.41, 5.74) is 9.43. The van der Waals surface area contributed by atoms with Crippen LogP contribution in [0.4, 0.5) is 0 Å². The summed E-state index contributed by atoms with van der Waals surface area (Å²) in [5.74, 6) is -0.725. The van der Waals surface area contributed by atoms with Gasteiger partial charge in [0.2, 0.25) is 0 Å². The fraction of sp³-hybridized carbons (Fsp3) is 0.286. The monoisotopic (exact) mass is 559 g/mol. The molecule has 0 N–H and O–H groups in total. The molecule has 2 aromatic rings. The maximum Gasteiger partial charge on any atom is -0.147 e. The summed E-state index contributed by atoms with van der Waals surface area (Å²) in [4.78, 5) is 0. The zero-order valence-corrected chi connectivity index (χ0v) is 24.9. The van der Waals surface area contributed by atoms with Gasteiger partial charge in [-0.1, -0.05) is 0 Å². The molecule has 169 valence electrons. The van der Waals surface area contributed by atoms with Gasteiger partial charge in [-0.2, -0.15) is 0 Å². The summed E-state index contributed by atoms with van der Waals surface area (Å²) < 4.78 is 3.84. The van der Waals surface area contributed by atoms with Gasteiger partial charge in [-0.3, -0.25) is 0 Å². The minimum Gasteiger partial charge on any atom is -0.147 e. The first-order valence-corrected chi connectivity index (χ1v) is 20.9. The fourth-order valence-corrected chi connectivity index (χ4v) is 25.6. The van der Waals surface area contributed by atoms with E-state index < -0.39 is 26.8 Å². The van der Waals surface area contributed by atoms with Gasteiger partial charge in [0.25, 0.3) is 0 Å². The molecule has 0 bridgehead atoms. The van der Waals surface area contributed by atoms with Gasteiger partial charge in [0.1, 0.15) is 0 Å². The average molecular weight is 562 g/mol. The Bertz CT molecular complexity index is 952. The molecule has 0 nitrogen and oxygen atoms in total. The molecule has 0 aliphatic heterocycles. The van der Waals surface area contributed by atoms with Gasteiger partial charge in [-0.25, -0.2) is 0 Å². The maximum atomic E-state index is 2.64. The molecule has 0 saturated heterocycles. The fourth-order valence-electron chi connectivity index (χ4n) is 5.00. The van der Waals surface area contributed by atoms with Crippen molar-refractivity contribution in [1.82, 2.24) is 0 Å². The predicted octanol–water partition coefficient (Wildman–Crippen LogP) is 8.13. The molecular weight excluding hydrogens is 527 g/mol. The smallest absolute Gasteiger partial charge is 0.147 e. The Morgan fingerprint density at radius 1 is 0.656 bits per heavy atom. The van der Waals surface area contributed by atoms with E-state index >= 15 is 0 Å². The molecule has 0 aromatic heterocycles. The normalized spacial score (nSPS) is 15.4. The molecule has 0 radical (unpaired) electrons.